The van der Waals surface area contributed by atoms with Crippen molar-refractivity contribution in [2.45, 2.75) is 79.9 Å². The smallest absolute Gasteiger partial charge is 0.410 e. The molecule has 0 saturated heterocycles. The van der Waals surface area contributed by atoms with Gasteiger partial charge in [0.15, 0.2) is 0 Å². The minimum absolute atomic E-state index is 0.0143. The van der Waals surface area contributed by atoms with Crippen molar-refractivity contribution in [3.63, 3.8) is 0 Å². The van der Waals surface area contributed by atoms with E-state index < -0.39 is 17.7 Å². The number of rotatable bonds is 16. The van der Waals surface area contributed by atoms with Gasteiger partial charge < -0.3 is 15.4 Å². The first-order valence-electron chi connectivity index (χ1n) is 20.6. The predicted molar refractivity (Wildman–Crippen MR) is 254 cm³/mol. The first kappa shape index (κ1) is 46.3. The third-order valence-corrected chi connectivity index (χ3v) is 11.8. The lowest BCUT2D eigenvalue weighted by atomic mass is 9.96. The van der Waals surface area contributed by atoms with Gasteiger partial charge in [0.1, 0.15) is 11.6 Å². The minimum Gasteiger partial charge on any atom is -0.444 e. The number of amides is 3. The largest absolute Gasteiger partial charge is 0.444 e. The molecule has 6 aromatic rings. The second-order valence-corrected chi connectivity index (χ2v) is 17.8. The van der Waals surface area contributed by atoms with E-state index in [9.17, 15) is 14.4 Å². The van der Waals surface area contributed by atoms with E-state index in [1.807, 2.05) is 130 Å². The van der Waals surface area contributed by atoms with Gasteiger partial charge in [0.2, 0.25) is 11.8 Å². The zero-order valence-electron chi connectivity index (χ0n) is 35.8. The predicted octanol–water partition coefficient (Wildman–Crippen LogP) is 12.6. The fraction of sp³-hybridized carbons (Fsp3) is 0.250. The lowest BCUT2D eigenvalue weighted by Crippen LogP contribution is -2.48. The fourth-order valence-electron chi connectivity index (χ4n) is 6.25. The summed E-state index contributed by atoms with van der Waals surface area (Å²) >= 11 is 3.54. The number of thioether (sulfide) groups is 2. The summed E-state index contributed by atoms with van der Waals surface area (Å²) in [5, 5.41) is 6.03. The molecule has 9 heteroatoms. The molecule has 0 fully saturated rings. The second-order valence-electron chi connectivity index (χ2n) is 15.7. The van der Waals surface area contributed by atoms with E-state index in [4.69, 9.17) is 4.74 Å². The van der Waals surface area contributed by atoms with Gasteiger partial charge in [-0.15, -0.1) is 23.5 Å². The van der Waals surface area contributed by atoms with Crippen LogP contribution in [-0.4, -0.2) is 41.5 Å². The van der Waals surface area contributed by atoms with Crippen LogP contribution in [0.1, 0.15) is 56.4 Å². The van der Waals surface area contributed by atoms with E-state index in [2.05, 4.69) is 78.2 Å². The highest BCUT2D eigenvalue weighted by Gasteiger charge is 2.30. The topological polar surface area (TPSA) is 87.7 Å². The maximum Gasteiger partial charge on any atom is 0.410 e. The van der Waals surface area contributed by atoms with Crippen LogP contribution >= 0.6 is 23.5 Å². The normalized spacial score (nSPS) is 11.9. The molecule has 0 saturated carbocycles. The number of carbonyl (C=O) groups excluding carboxylic acids is 3. The van der Waals surface area contributed by atoms with Crippen LogP contribution in [0, 0.1) is 5.92 Å². The van der Waals surface area contributed by atoms with Gasteiger partial charge in [-0.05, 0) is 104 Å². The summed E-state index contributed by atoms with van der Waals surface area (Å²) in [6.07, 6.45) is 1.45. The van der Waals surface area contributed by atoms with E-state index in [0.717, 1.165) is 40.5 Å². The van der Waals surface area contributed by atoms with Crippen LogP contribution in [0.3, 0.4) is 0 Å². The summed E-state index contributed by atoms with van der Waals surface area (Å²) in [6.45, 7) is 7.49. The Kier molecular flexibility index (Phi) is 18.1. The number of likely N-dealkylation sites (N-methyl/N-ethyl adjacent to an activating group) is 1. The highest BCUT2D eigenvalue weighted by Crippen LogP contribution is 2.26. The van der Waals surface area contributed by atoms with E-state index in [1.165, 1.54) is 26.5 Å². The summed E-state index contributed by atoms with van der Waals surface area (Å²) in [5.41, 5.74) is 5.63. The van der Waals surface area contributed by atoms with Crippen molar-refractivity contribution >= 4 is 52.8 Å². The van der Waals surface area contributed by atoms with E-state index in [-0.39, 0.29) is 17.7 Å². The Labute approximate surface area is 370 Å². The molecule has 0 bridgehead atoms. The number of hydrogen-bond donors (Lipinski definition) is 2. The van der Waals surface area contributed by atoms with Gasteiger partial charge in [-0.25, -0.2) is 4.79 Å². The molecule has 316 valence electrons. The monoisotopic (exact) mass is 851 g/mol. The Hall–Kier alpha value is -5.77. The molecule has 6 aromatic carbocycles. The number of nitrogens with one attached hydrogen (secondary N) is 2. The third kappa shape index (κ3) is 16.3. The average Bonchev–Trinajstić information content (AvgIpc) is 3.27. The summed E-state index contributed by atoms with van der Waals surface area (Å²) < 4.78 is 5.50. The third-order valence-electron chi connectivity index (χ3n) is 9.65. The number of benzene rings is 6. The molecule has 0 aromatic heterocycles. The summed E-state index contributed by atoms with van der Waals surface area (Å²) in [6, 6.07) is 55.7. The van der Waals surface area contributed by atoms with Crippen molar-refractivity contribution in [1.82, 2.24) is 4.90 Å². The van der Waals surface area contributed by atoms with Crippen LogP contribution in [-0.2, 0) is 38.7 Å². The molecule has 61 heavy (non-hydrogen) atoms. The van der Waals surface area contributed by atoms with E-state index in [1.54, 1.807) is 30.6 Å². The number of hydrogen-bond acceptors (Lipinski definition) is 6. The molecule has 3 amide bonds. The van der Waals surface area contributed by atoms with Crippen LogP contribution < -0.4 is 10.6 Å². The van der Waals surface area contributed by atoms with E-state index >= 15 is 0 Å². The van der Waals surface area contributed by atoms with Crippen LogP contribution in [0.25, 0.3) is 0 Å². The molecule has 0 spiro atoms. The Morgan fingerprint density at radius 3 is 1.31 bits per heavy atom. The molecule has 6 rings (SSSR count). The lowest BCUT2D eigenvalue weighted by Gasteiger charge is -2.30. The van der Waals surface area contributed by atoms with Crippen molar-refractivity contribution in [3.05, 3.63) is 192 Å². The zero-order chi connectivity index (χ0) is 43.5. The SMILES string of the molecule is CC[C@@H](Cc1ccccc1)C(=O)Nc1ccc(SCc2ccccc2)cc1.CN(C(=O)OC(C)(C)C)[C@@H](Cc1ccccc1)C(=O)Nc1ccc(SCc2ccccc2)cc1. The van der Waals surface area contributed by atoms with Crippen LogP contribution in [0.4, 0.5) is 16.2 Å². The van der Waals surface area contributed by atoms with Gasteiger partial charge in [-0.1, -0.05) is 128 Å². The quantitative estimate of drug-likeness (QED) is 0.0943. The number of nitrogens with zero attached hydrogens (tertiary/aromatic N) is 1. The maximum atomic E-state index is 13.3. The molecule has 0 heterocycles. The molecule has 0 aliphatic rings. The second kappa shape index (κ2) is 23.9. The van der Waals surface area contributed by atoms with Gasteiger partial charge >= 0.3 is 6.09 Å². The van der Waals surface area contributed by atoms with E-state index in [0.29, 0.717) is 12.1 Å². The van der Waals surface area contributed by atoms with Crippen molar-refractivity contribution in [2.24, 2.45) is 5.92 Å². The number of ether oxygens (including phenoxy) is 1. The standard InChI is InChI=1S/C28H32N2O3S.C24H25NOS/c1-28(2,3)33-27(32)30(4)25(19-21-11-7-5-8-12-21)26(31)29-23-15-17-24(18-16-23)34-20-22-13-9-6-10-14-22;1-2-21(17-19-9-5-3-6-10-19)24(26)25-22-13-15-23(16-14-22)27-18-20-11-7-4-8-12-20/h5-18,25H,19-20H2,1-4H3,(H,29,31);3-16,21H,2,17-18H2,1H3,(H,25,26)/t25-;21-/m00/s1. The Morgan fingerprint density at radius 2 is 0.918 bits per heavy atom. The number of anilines is 2. The average molecular weight is 852 g/mol. The highest BCUT2D eigenvalue weighted by molar-refractivity contribution is 7.98. The first-order chi connectivity index (χ1) is 29.5. The Morgan fingerprint density at radius 1 is 0.541 bits per heavy atom. The summed E-state index contributed by atoms with van der Waals surface area (Å²) in [7, 11) is 1.60. The van der Waals surface area contributed by atoms with Gasteiger partial charge in [0, 0.05) is 52.1 Å². The van der Waals surface area contributed by atoms with Crippen LogP contribution in [0.2, 0.25) is 0 Å². The van der Waals surface area contributed by atoms with Crippen molar-refractivity contribution in [2.75, 3.05) is 17.7 Å². The van der Waals surface area contributed by atoms with Crippen LogP contribution in [0.5, 0.6) is 0 Å². The molecular weight excluding hydrogens is 795 g/mol. The zero-order valence-corrected chi connectivity index (χ0v) is 37.4. The molecule has 0 unspecified atom stereocenters. The van der Waals surface area contributed by atoms with Gasteiger partial charge in [-0.2, -0.15) is 0 Å². The molecule has 7 nitrogen and oxygen atoms in total. The molecule has 0 radical (unpaired) electrons. The van der Waals surface area contributed by atoms with Gasteiger partial charge in [0.25, 0.3) is 0 Å². The van der Waals surface area contributed by atoms with Crippen molar-refractivity contribution in [3.8, 4) is 0 Å². The minimum atomic E-state index is -0.718. The molecule has 0 aliphatic heterocycles. The molecular formula is C52H57N3O4S2. The molecule has 2 N–H and O–H groups in total. The molecule has 2 atom stereocenters. The van der Waals surface area contributed by atoms with Gasteiger partial charge in [0.05, 0.1) is 0 Å². The Balaban J connectivity index is 0.000000237. The fourth-order valence-corrected chi connectivity index (χ4v) is 7.95. The summed E-state index contributed by atoms with van der Waals surface area (Å²) in [4.78, 5) is 42.3. The highest BCUT2D eigenvalue weighted by atomic mass is 32.2. The van der Waals surface area contributed by atoms with Crippen molar-refractivity contribution in [1.29, 1.82) is 0 Å². The Bertz CT molecular complexity index is 2220. The molecule has 0 aliphatic carbocycles. The lowest BCUT2D eigenvalue weighted by molar-refractivity contribution is -0.121. The summed E-state index contributed by atoms with van der Waals surface area (Å²) in [5.74, 6) is 1.64. The first-order valence-corrected chi connectivity index (χ1v) is 22.6. The van der Waals surface area contributed by atoms with Gasteiger partial charge in [-0.3, -0.25) is 14.5 Å². The van der Waals surface area contributed by atoms with Crippen LogP contribution in [0.15, 0.2) is 180 Å². The number of carbonyl (C=O) groups is 3. The maximum absolute atomic E-state index is 13.3. The van der Waals surface area contributed by atoms with Crippen molar-refractivity contribution < 1.29 is 19.1 Å².